The van der Waals surface area contributed by atoms with Gasteiger partial charge < -0.3 is 9.88 Å². The molecule has 0 aliphatic heterocycles. The second-order valence-corrected chi connectivity index (χ2v) is 8.28. The summed E-state index contributed by atoms with van der Waals surface area (Å²) in [5.41, 5.74) is 1.54. The van der Waals surface area contributed by atoms with Gasteiger partial charge in [-0.2, -0.15) is 0 Å². The van der Waals surface area contributed by atoms with Crippen molar-refractivity contribution >= 4 is 57.9 Å². The van der Waals surface area contributed by atoms with Crippen LogP contribution in [0.25, 0.3) is 11.4 Å². The van der Waals surface area contributed by atoms with Crippen molar-refractivity contribution in [3.8, 4) is 11.4 Å². The number of aryl methyl sites for hydroxylation is 1. The number of hydrogen-bond donors (Lipinski definition) is 1. The second kappa shape index (κ2) is 8.43. The summed E-state index contributed by atoms with van der Waals surface area (Å²) in [5, 5.41) is 14.8. The highest BCUT2D eigenvalue weighted by Gasteiger charge is 2.16. The summed E-state index contributed by atoms with van der Waals surface area (Å²) in [6.07, 6.45) is 0. The summed E-state index contributed by atoms with van der Waals surface area (Å²) in [5.74, 6) is 0.833. The molecule has 0 bridgehead atoms. The number of nitrogens with one attached hydrogen (secondary N) is 1. The molecule has 0 aliphatic carbocycles. The highest BCUT2D eigenvalue weighted by molar-refractivity contribution is 7.99. The van der Waals surface area contributed by atoms with Crippen molar-refractivity contribution in [1.29, 1.82) is 0 Å². The van der Waals surface area contributed by atoms with E-state index in [4.69, 9.17) is 23.2 Å². The number of halogens is 2. The third kappa shape index (κ3) is 4.23. The first-order valence-electron chi connectivity index (χ1n) is 7.85. The Kier molecular flexibility index (Phi) is 6.24. The molecule has 9 heteroatoms. The Morgan fingerprint density at radius 2 is 2.15 bits per heavy atom. The lowest BCUT2D eigenvalue weighted by atomic mass is 10.3. The van der Waals surface area contributed by atoms with E-state index in [-0.39, 0.29) is 11.7 Å². The number of amides is 1. The van der Waals surface area contributed by atoms with Crippen LogP contribution in [0, 0.1) is 6.92 Å². The lowest BCUT2D eigenvalue weighted by molar-refractivity contribution is -0.113. The molecule has 3 aromatic rings. The zero-order chi connectivity index (χ0) is 18.7. The molecule has 0 saturated heterocycles. The first-order valence-corrected chi connectivity index (χ1v) is 10.5. The van der Waals surface area contributed by atoms with E-state index in [1.165, 1.54) is 16.6 Å². The smallest absolute Gasteiger partial charge is 0.234 e. The molecule has 1 amide bonds. The van der Waals surface area contributed by atoms with Crippen molar-refractivity contribution in [3.63, 3.8) is 0 Å². The molecular weight excluding hydrogens is 411 g/mol. The molecular formula is C17H16Cl2N4OS2. The predicted molar refractivity (Wildman–Crippen MR) is 110 cm³/mol. The lowest BCUT2D eigenvalue weighted by Crippen LogP contribution is -2.15. The largest absolute Gasteiger partial charge is 0.324 e. The maximum atomic E-state index is 12.2. The van der Waals surface area contributed by atoms with Crippen molar-refractivity contribution in [2.45, 2.75) is 25.5 Å². The number of nitrogens with zero attached hydrogens (tertiary/aromatic N) is 3. The minimum absolute atomic E-state index is 0.183. The van der Waals surface area contributed by atoms with Gasteiger partial charge in [-0.05, 0) is 32.0 Å². The van der Waals surface area contributed by atoms with Crippen LogP contribution in [0.15, 0.2) is 34.8 Å². The summed E-state index contributed by atoms with van der Waals surface area (Å²) in [4.78, 5) is 13.5. The quantitative estimate of drug-likeness (QED) is 0.537. The highest BCUT2D eigenvalue weighted by atomic mass is 35.5. The van der Waals surface area contributed by atoms with Gasteiger partial charge in [0, 0.05) is 22.4 Å². The van der Waals surface area contributed by atoms with E-state index in [1.807, 2.05) is 11.5 Å². The SMILES string of the molecule is CCn1c(SCC(=O)Nc2cccc(Cl)c2Cl)nnc1-c1csc(C)c1. The standard InChI is InChI=1S/C17H16Cl2N4OS2/c1-3-23-16(11-7-10(2)25-8-11)21-22-17(23)26-9-14(24)20-13-6-4-5-12(18)15(13)19/h4-8H,3,9H2,1-2H3,(H,20,24). The van der Waals surface area contributed by atoms with Gasteiger partial charge in [-0.25, -0.2) is 0 Å². The maximum absolute atomic E-state index is 12.2. The predicted octanol–water partition coefficient (Wildman–Crippen LogP) is 5.37. The lowest BCUT2D eigenvalue weighted by Gasteiger charge is -2.09. The Hall–Kier alpha value is -1.54. The molecule has 0 aliphatic rings. The molecule has 5 nitrogen and oxygen atoms in total. The van der Waals surface area contributed by atoms with Crippen molar-refractivity contribution in [2.75, 3.05) is 11.1 Å². The number of anilines is 1. The van der Waals surface area contributed by atoms with Gasteiger partial charge in [-0.1, -0.05) is 41.0 Å². The number of aromatic nitrogens is 3. The Labute approximate surface area is 169 Å². The molecule has 1 aromatic carbocycles. The molecule has 136 valence electrons. The molecule has 26 heavy (non-hydrogen) atoms. The fraction of sp³-hybridized carbons (Fsp3) is 0.235. The molecule has 0 fully saturated rings. The number of rotatable bonds is 6. The third-order valence-electron chi connectivity index (χ3n) is 3.58. The topological polar surface area (TPSA) is 59.8 Å². The van der Waals surface area contributed by atoms with E-state index in [0.717, 1.165) is 17.9 Å². The summed E-state index contributed by atoms with van der Waals surface area (Å²) >= 11 is 15.1. The average molecular weight is 427 g/mol. The number of hydrogen-bond acceptors (Lipinski definition) is 5. The summed E-state index contributed by atoms with van der Waals surface area (Å²) < 4.78 is 2.01. The maximum Gasteiger partial charge on any atom is 0.234 e. The minimum Gasteiger partial charge on any atom is -0.324 e. The van der Waals surface area contributed by atoms with Crippen molar-refractivity contribution in [3.05, 3.63) is 44.6 Å². The monoisotopic (exact) mass is 426 g/mol. The van der Waals surface area contributed by atoms with E-state index in [2.05, 4.69) is 33.9 Å². The average Bonchev–Trinajstić information content (AvgIpc) is 3.22. The summed E-state index contributed by atoms with van der Waals surface area (Å²) in [6, 6.07) is 7.21. The molecule has 0 atom stereocenters. The van der Waals surface area contributed by atoms with Gasteiger partial charge in [0.05, 0.1) is 21.5 Å². The number of carbonyl (C=O) groups is 1. The number of thioether (sulfide) groups is 1. The van der Waals surface area contributed by atoms with Gasteiger partial charge in [0.15, 0.2) is 11.0 Å². The van der Waals surface area contributed by atoms with E-state index in [9.17, 15) is 4.79 Å². The van der Waals surface area contributed by atoms with Crippen LogP contribution in [-0.2, 0) is 11.3 Å². The van der Waals surface area contributed by atoms with Crippen LogP contribution in [-0.4, -0.2) is 26.4 Å². The van der Waals surface area contributed by atoms with Crippen molar-refractivity contribution in [2.24, 2.45) is 0 Å². The molecule has 0 unspecified atom stereocenters. The van der Waals surface area contributed by atoms with Gasteiger partial charge in [-0.15, -0.1) is 21.5 Å². The van der Waals surface area contributed by atoms with Crippen LogP contribution >= 0.6 is 46.3 Å². The van der Waals surface area contributed by atoms with Crippen LogP contribution in [0.2, 0.25) is 10.0 Å². The molecule has 3 rings (SSSR count). The molecule has 2 heterocycles. The third-order valence-corrected chi connectivity index (χ3v) is 6.23. The van der Waals surface area contributed by atoms with Crippen molar-refractivity contribution in [1.82, 2.24) is 14.8 Å². The number of thiophene rings is 1. The van der Waals surface area contributed by atoms with E-state index >= 15 is 0 Å². The Balaban J connectivity index is 1.69. The van der Waals surface area contributed by atoms with E-state index in [0.29, 0.717) is 20.9 Å². The van der Waals surface area contributed by atoms with Crippen molar-refractivity contribution < 1.29 is 4.79 Å². The van der Waals surface area contributed by atoms with Gasteiger partial charge in [0.1, 0.15) is 0 Å². The van der Waals surface area contributed by atoms with E-state index < -0.39 is 0 Å². The van der Waals surface area contributed by atoms with Crippen LogP contribution in [0.5, 0.6) is 0 Å². The normalized spacial score (nSPS) is 10.9. The molecule has 2 aromatic heterocycles. The van der Waals surface area contributed by atoms with Gasteiger partial charge in [-0.3, -0.25) is 4.79 Å². The zero-order valence-electron chi connectivity index (χ0n) is 14.1. The number of carbonyl (C=O) groups excluding carboxylic acids is 1. The fourth-order valence-corrected chi connectivity index (χ4v) is 4.20. The molecule has 0 spiro atoms. The zero-order valence-corrected chi connectivity index (χ0v) is 17.3. The first kappa shape index (κ1) is 19.2. The van der Waals surface area contributed by atoms with Crippen LogP contribution < -0.4 is 5.32 Å². The number of benzene rings is 1. The minimum atomic E-state index is -0.183. The Morgan fingerprint density at radius 3 is 2.85 bits per heavy atom. The van der Waals surface area contributed by atoms with Crippen LogP contribution in [0.4, 0.5) is 5.69 Å². The van der Waals surface area contributed by atoms with Gasteiger partial charge in [0.25, 0.3) is 0 Å². The van der Waals surface area contributed by atoms with Gasteiger partial charge >= 0.3 is 0 Å². The molecule has 0 saturated carbocycles. The Morgan fingerprint density at radius 1 is 1.35 bits per heavy atom. The van der Waals surface area contributed by atoms with Crippen LogP contribution in [0.1, 0.15) is 11.8 Å². The fourth-order valence-electron chi connectivity index (χ4n) is 2.37. The molecule has 0 radical (unpaired) electrons. The molecule has 1 N–H and O–H groups in total. The highest BCUT2D eigenvalue weighted by Crippen LogP contribution is 2.30. The first-order chi connectivity index (χ1) is 12.5. The summed E-state index contributed by atoms with van der Waals surface area (Å²) in [7, 11) is 0. The van der Waals surface area contributed by atoms with E-state index in [1.54, 1.807) is 29.5 Å². The summed E-state index contributed by atoms with van der Waals surface area (Å²) in [6.45, 7) is 4.81. The Bertz CT molecular complexity index is 939. The second-order valence-electron chi connectivity index (χ2n) is 5.43. The van der Waals surface area contributed by atoms with Gasteiger partial charge in [0.2, 0.25) is 5.91 Å². The van der Waals surface area contributed by atoms with Crippen LogP contribution in [0.3, 0.4) is 0 Å².